The molecule has 0 aromatic carbocycles. The van der Waals surface area contributed by atoms with Gasteiger partial charge in [0.15, 0.2) is 0 Å². The Morgan fingerprint density at radius 3 is 2.57 bits per heavy atom. The van der Waals surface area contributed by atoms with E-state index >= 15 is 0 Å². The lowest BCUT2D eigenvalue weighted by molar-refractivity contribution is 0.398. The van der Waals surface area contributed by atoms with Gasteiger partial charge >= 0.3 is 0 Å². The molecule has 0 aliphatic carbocycles. The molecule has 4 heteroatoms. The highest BCUT2D eigenvalue weighted by molar-refractivity contribution is 7.15. The first kappa shape index (κ1) is 9.15. The fourth-order valence-electron chi connectivity index (χ4n) is 1.14. The monoisotopic (exact) mass is 206 g/mol. The van der Waals surface area contributed by atoms with Gasteiger partial charge in [-0.15, -0.1) is 11.3 Å². The molecule has 2 rings (SSSR count). The van der Waals surface area contributed by atoms with Crippen LogP contribution in [0.25, 0.3) is 10.4 Å². The van der Waals surface area contributed by atoms with Gasteiger partial charge in [0.25, 0.3) is 0 Å². The van der Waals surface area contributed by atoms with Crippen molar-refractivity contribution < 1.29 is 4.74 Å². The molecule has 0 atom stereocenters. The van der Waals surface area contributed by atoms with Gasteiger partial charge < -0.3 is 4.74 Å². The van der Waals surface area contributed by atoms with E-state index < -0.39 is 0 Å². The van der Waals surface area contributed by atoms with Crippen molar-refractivity contribution in [2.24, 2.45) is 0 Å². The maximum absolute atomic E-state index is 4.99. The van der Waals surface area contributed by atoms with Gasteiger partial charge in [0.05, 0.1) is 17.0 Å². The molecule has 0 unspecified atom stereocenters. The minimum Gasteiger partial charge on any atom is -0.481 e. The Hall–Kier alpha value is -1.42. The summed E-state index contributed by atoms with van der Waals surface area (Å²) in [7, 11) is 1.61. The normalized spacial score (nSPS) is 10.1. The fraction of sp³-hybridized carbons (Fsp3) is 0.200. The zero-order chi connectivity index (χ0) is 9.97. The van der Waals surface area contributed by atoms with Gasteiger partial charge in [0.1, 0.15) is 0 Å². The molecule has 72 valence electrons. The van der Waals surface area contributed by atoms with E-state index in [1.54, 1.807) is 24.6 Å². The number of aromatic nitrogens is 2. The average Bonchev–Trinajstić information content (AvgIpc) is 2.65. The topological polar surface area (TPSA) is 35.0 Å². The van der Waals surface area contributed by atoms with Gasteiger partial charge in [-0.2, -0.15) is 0 Å². The molecule has 14 heavy (non-hydrogen) atoms. The molecular formula is C10H10N2OS. The Bertz CT molecular complexity index is 422. The molecule has 0 saturated carbocycles. The number of methoxy groups -OCH3 is 1. The molecule has 0 aliphatic rings. The van der Waals surface area contributed by atoms with Crippen LogP contribution in [0.4, 0.5) is 0 Å². The second-order valence-corrected chi connectivity index (χ2v) is 4.07. The van der Waals surface area contributed by atoms with E-state index in [2.05, 4.69) is 9.97 Å². The SMILES string of the molecule is COc1ccc(-c2cnc(C)s2)cn1. The Morgan fingerprint density at radius 1 is 1.21 bits per heavy atom. The molecule has 3 nitrogen and oxygen atoms in total. The Balaban J connectivity index is 2.33. The lowest BCUT2D eigenvalue weighted by Gasteiger charge is -1.98. The van der Waals surface area contributed by atoms with Crippen LogP contribution in [-0.4, -0.2) is 17.1 Å². The highest BCUT2D eigenvalue weighted by Gasteiger charge is 2.02. The van der Waals surface area contributed by atoms with Gasteiger partial charge in [-0.25, -0.2) is 9.97 Å². The van der Waals surface area contributed by atoms with Crippen molar-refractivity contribution in [1.29, 1.82) is 0 Å². The summed E-state index contributed by atoms with van der Waals surface area (Å²) in [6, 6.07) is 3.84. The molecule has 0 radical (unpaired) electrons. The van der Waals surface area contributed by atoms with Crippen molar-refractivity contribution in [3.05, 3.63) is 29.5 Å². The van der Waals surface area contributed by atoms with Crippen molar-refractivity contribution in [1.82, 2.24) is 9.97 Å². The van der Waals surface area contributed by atoms with Crippen molar-refractivity contribution in [2.75, 3.05) is 7.11 Å². The van der Waals surface area contributed by atoms with Crippen LogP contribution in [0.3, 0.4) is 0 Å². The van der Waals surface area contributed by atoms with Crippen LogP contribution >= 0.6 is 11.3 Å². The highest BCUT2D eigenvalue weighted by Crippen LogP contribution is 2.25. The smallest absolute Gasteiger partial charge is 0.212 e. The van der Waals surface area contributed by atoms with E-state index in [0.29, 0.717) is 5.88 Å². The molecule has 2 aromatic rings. The number of pyridine rings is 1. The highest BCUT2D eigenvalue weighted by atomic mass is 32.1. The predicted octanol–water partition coefficient (Wildman–Crippen LogP) is 2.52. The Morgan fingerprint density at radius 2 is 2.07 bits per heavy atom. The lowest BCUT2D eigenvalue weighted by atomic mass is 10.2. The molecule has 2 heterocycles. The van der Waals surface area contributed by atoms with Gasteiger partial charge in [-0.3, -0.25) is 0 Å². The van der Waals surface area contributed by atoms with Gasteiger partial charge in [0.2, 0.25) is 5.88 Å². The predicted molar refractivity (Wildman–Crippen MR) is 56.6 cm³/mol. The number of ether oxygens (including phenoxy) is 1. The maximum atomic E-state index is 4.99. The van der Waals surface area contributed by atoms with E-state index in [1.165, 1.54) is 0 Å². The first-order valence-corrected chi connectivity index (χ1v) is 5.04. The summed E-state index contributed by atoms with van der Waals surface area (Å²) in [4.78, 5) is 9.47. The first-order valence-electron chi connectivity index (χ1n) is 4.22. The van der Waals surface area contributed by atoms with Crippen LogP contribution in [-0.2, 0) is 0 Å². The van der Waals surface area contributed by atoms with E-state index in [4.69, 9.17) is 4.74 Å². The van der Waals surface area contributed by atoms with Crippen LogP contribution in [0.2, 0.25) is 0 Å². The van der Waals surface area contributed by atoms with Crippen LogP contribution < -0.4 is 4.74 Å². The van der Waals surface area contributed by atoms with Gasteiger partial charge in [-0.05, 0) is 13.0 Å². The second-order valence-electron chi connectivity index (χ2n) is 2.83. The molecule has 2 aromatic heterocycles. The van der Waals surface area contributed by atoms with E-state index in [1.807, 2.05) is 25.3 Å². The average molecular weight is 206 g/mol. The number of thiazole rings is 1. The summed E-state index contributed by atoms with van der Waals surface area (Å²) in [5, 5.41) is 1.07. The number of rotatable bonds is 2. The summed E-state index contributed by atoms with van der Waals surface area (Å²) in [5.41, 5.74) is 1.08. The third kappa shape index (κ3) is 1.75. The number of nitrogens with zero attached hydrogens (tertiary/aromatic N) is 2. The van der Waals surface area contributed by atoms with Crippen molar-refractivity contribution in [3.8, 4) is 16.3 Å². The Labute approximate surface area is 86.4 Å². The third-order valence-electron chi connectivity index (χ3n) is 1.85. The van der Waals surface area contributed by atoms with Gasteiger partial charge in [0, 0.05) is 24.0 Å². The molecular weight excluding hydrogens is 196 g/mol. The number of aryl methyl sites for hydroxylation is 1. The summed E-state index contributed by atoms with van der Waals surface area (Å²) >= 11 is 1.66. The molecule has 0 N–H and O–H groups in total. The second kappa shape index (κ2) is 3.75. The van der Waals surface area contributed by atoms with E-state index in [0.717, 1.165) is 15.4 Å². The van der Waals surface area contributed by atoms with Crippen LogP contribution in [0.15, 0.2) is 24.5 Å². The minimum atomic E-state index is 0.634. The molecule has 0 amide bonds. The molecule has 0 saturated heterocycles. The number of hydrogen-bond donors (Lipinski definition) is 0. The van der Waals surface area contributed by atoms with Crippen molar-refractivity contribution in [3.63, 3.8) is 0 Å². The van der Waals surface area contributed by atoms with Crippen LogP contribution in [0, 0.1) is 6.92 Å². The summed E-state index contributed by atoms with van der Waals surface area (Å²) < 4.78 is 4.99. The van der Waals surface area contributed by atoms with Crippen molar-refractivity contribution in [2.45, 2.75) is 6.92 Å². The third-order valence-corrected chi connectivity index (χ3v) is 2.81. The van der Waals surface area contributed by atoms with Crippen LogP contribution in [0.1, 0.15) is 5.01 Å². The Kier molecular flexibility index (Phi) is 2.45. The lowest BCUT2D eigenvalue weighted by Crippen LogP contribution is -1.85. The quantitative estimate of drug-likeness (QED) is 0.757. The maximum Gasteiger partial charge on any atom is 0.212 e. The van der Waals surface area contributed by atoms with Crippen LogP contribution in [0.5, 0.6) is 5.88 Å². The summed E-state index contributed by atoms with van der Waals surface area (Å²) in [6.45, 7) is 1.99. The number of hydrogen-bond acceptors (Lipinski definition) is 4. The fourth-order valence-corrected chi connectivity index (χ4v) is 1.91. The van der Waals surface area contributed by atoms with Crippen molar-refractivity contribution >= 4 is 11.3 Å². The molecule has 0 fully saturated rings. The summed E-state index contributed by atoms with van der Waals surface area (Å²) in [6.07, 6.45) is 3.66. The molecule has 0 bridgehead atoms. The molecule has 0 aliphatic heterocycles. The first-order chi connectivity index (χ1) is 6.79. The minimum absolute atomic E-state index is 0.634. The zero-order valence-corrected chi connectivity index (χ0v) is 8.84. The molecule has 0 spiro atoms. The van der Waals surface area contributed by atoms with E-state index in [-0.39, 0.29) is 0 Å². The zero-order valence-electron chi connectivity index (χ0n) is 8.02. The summed E-state index contributed by atoms with van der Waals surface area (Å²) in [5.74, 6) is 0.634. The largest absolute Gasteiger partial charge is 0.481 e. The standard InChI is InChI=1S/C10H10N2OS/c1-7-11-6-9(14-7)8-3-4-10(13-2)12-5-8/h3-6H,1-2H3. The van der Waals surface area contributed by atoms with Gasteiger partial charge in [-0.1, -0.05) is 0 Å². The van der Waals surface area contributed by atoms with E-state index in [9.17, 15) is 0 Å².